The van der Waals surface area contributed by atoms with Gasteiger partial charge in [0, 0.05) is 18.5 Å². The first-order chi connectivity index (χ1) is 7.65. The summed E-state index contributed by atoms with van der Waals surface area (Å²) in [7, 11) is 0. The first-order valence-electron chi connectivity index (χ1n) is 5.53. The molecule has 16 heavy (non-hydrogen) atoms. The van der Waals surface area contributed by atoms with E-state index < -0.39 is 0 Å². The van der Waals surface area contributed by atoms with Crippen LogP contribution in [0.25, 0.3) is 0 Å². The SMILES string of the molecule is CC1(C)Oc2ccccc2C1NCCC#N. The van der Waals surface area contributed by atoms with Gasteiger partial charge in [-0.15, -0.1) is 0 Å². The fourth-order valence-electron chi connectivity index (χ4n) is 2.16. The molecule has 0 amide bonds. The van der Waals surface area contributed by atoms with Crippen molar-refractivity contribution in [1.29, 1.82) is 5.26 Å². The molecule has 3 heteroatoms. The number of para-hydroxylation sites is 1. The average Bonchev–Trinajstić information content (AvgIpc) is 2.50. The topological polar surface area (TPSA) is 45.0 Å². The Morgan fingerprint density at radius 3 is 2.94 bits per heavy atom. The largest absolute Gasteiger partial charge is 0.486 e. The van der Waals surface area contributed by atoms with E-state index in [2.05, 4.69) is 31.3 Å². The third kappa shape index (κ3) is 1.89. The summed E-state index contributed by atoms with van der Waals surface area (Å²) in [5, 5.41) is 11.9. The number of rotatable bonds is 3. The second kappa shape index (κ2) is 4.15. The number of nitrogens with zero attached hydrogens (tertiary/aromatic N) is 1. The molecule has 1 N–H and O–H groups in total. The van der Waals surface area contributed by atoms with E-state index in [9.17, 15) is 0 Å². The minimum absolute atomic E-state index is 0.164. The second-order valence-electron chi connectivity index (χ2n) is 4.54. The molecule has 0 saturated heterocycles. The number of nitrogens with one attached hydrogen (secondary N) is 1. The minimum Gasteiger partial charge on any atom is -0.486 e. The van der Waals surface area contributed by atoms with Gasteiger partial charge in [-0.05, 0) is 19.9 Å². The molecular formula is C13H16N2O. The molecule has 0 aliphatic carbocycles. The summed E-state index contributed by atoms with van der Waals surface area (Å²) >= 11 is 0. The molecule has 1 aromatic carbocycles. The van der Waals surface area contributed by atoms with Crippen LogP contribution in [-0.4, -0.2) is 12.1 Å². The van der Waals surface area contributed by atoms with E-state index in [1.165, 1.54) is 5.56 Å². The lowest BCUT2D eigenvalue weighted by Crippen LogP contribution is -2.39. The third-order valence-electron chi connectivity index (χ3n) is 2.88. The quantitative estimate of drug-likeness (QED) is 0.789. The molecule has 1 aliphatic heterocycles. The number of fused-ring (bicyclic) bond motifs is 1. The Labute approximate surface area is 96.0 Å². The highest BCUT2D eigenvalue weighted by atomic mass is 16.5. The summed E-state index contributed by atoms with van der Waals surface area (Å²) in [4.78, 5) is 0. The van der Waals surface area contributed by atoms with E-state index in [-0.39, 0.29) is 11.6 Å². The Morgan fingerprint density at radius 1 is 1.44 bits per heavy atom. The van der Waals surface area contributed by atoms with E-state index in [0.717, 1.165) is 5.75 Å². The van der Waals surface area contributed by atoms with Gasteiger partial charge in [0.25, 0.3) is 0 Å². The fraction of sp³-hybridized carbons (Fsp3) is 0.462. The predicted molar refractivity (Wildman–Crippen MR) is 62.1 cm³/mol. The lowest BCUT2D eigenvalue weighted by molar-refractivity contribution is 0.0969. The van der Waals surface area contributed by atoms with Crippen LogP contribution < -0.4 is 10.1 Å². The number of ether oxygens (including phenoxy) is 1. The van der Waals surface area contributed by atoms with Gasteiger partial charge in [-0.3, -0.25) is 0 Å². The van der Waals surface area contributed by atoms with Crippen molar-refractivity contribution in [3.05, 3.63) is 29.8 Å². The second-order valence-corrected chi connectivity index (χ2v) is 4.54. The van der Waals surface area contributed by atoms with E-state index in [4.69, 9.17) is 10.00 Å². The summed E-state index contributed by atoms with van der Waals surface area (Å²) in [6.45, 7) is 4.83. The predicted octanol–water partition coefficient (Wildman–Crippen LogP) is 2.40. The Balaban J connectivity index is 2.19. The van der Waals surface area contributed by atoms with Gasteiger partial charge in [0.05, 0.1) is 12.1 Å². The smallest absolute Gasteiger partial charge is 0.125 e. The van der Waals surface area contributed by atoms with Crippen molar-refractivity contribution < 1.29 is 4.74 Å². The lowest BCUT2D eigenvalue weighted by Gasteiger charge is -2.27. The van der Waals surface area contributed by atoms with Gasteiger partial charge >= 0.3 is 0 Å². The zero-order valence-electron chi connectivity index (χ0n) is 9.66. The highest BCUT2D eigenvalue weighted by molar-refractivity contribution is 5.42. The summed E-state index contributed by atoms with van der Waals surface area (Å²) < 4.78 is 5.89. The minimum atomic E-state index is -0.251. The zero-order valence-corrected chi connectivity index (χ0v) is 9.66. The highest BCUT2D eigenvalue weighted by Gasteiger charge is 2.40. The first kappa shape index (κ1) is 11.0. The lowest BCUT2D eigenvalue weighted by atomic mass is 9.94. The maximum atomic E-state index is 8.54. The molecule has 1 aliphatic rings. The molecule has 0 saturated carbocycles. The molecule has 0 aromatic heterocycles. The fourth-order valence-corrected chi connectivity index (χ4v) is 2.16. The van der Waals surface area contributed by atoms with Gasteiger partial charge in [0.2, 0.25) is 0 Å². The van der Waals surface area contributed by atoms with Crippen molar-refractivity contribution in [3.63, 3.8) is 0 Å². The Hall–Kier alpha value is -1.53. The summed E-state index contributed by atoms with van der Waals surface area (Å²) in [5.41, 5.74) is 0.935. The number of hydrogen-bond acceptors (Lipinski definition) is 3. The van der Waals surface area contributed by atoms with Crippen LogP contribution in [0.2, 0.25) is 0 Å². The van der Waals surface area contributed by atoms with Crippen molar-refractivity contribution in [3.8, 4) is 11.8 Å². The maximum Gasteiger partial charge on any atom is 0.125 e. The Morgan fingerprint density at radius 2 is 2.19 bits per heavy atom. The molecule has 84 valence electrons. The third-order valence-corrected chi connectivity index (χ3v) is 2.88. The molecule has 3 nitrogen and oxygen atoms in total. The van der Waals surface area contributed by atoms with Gasteiger partial charge in [0.1, 0.15) is 11.4 Å². The van der Waals surface area contributed by atoms with Crippen LogP contribution in [-0.2, 0) is 0 Å². The van der Waals surface area contributed by atoms with Crippen LogP contribution in [0.5, 0.6) is 5.75 Å². The van der Waals surface area contributed by atoms with Gasteiger partial charge in [-0.1, -0.05) is 18.2 Å². The first-order valence-corrected chi connectivity index (χ1v) is 5.53. The van der Waals surface area contributed by atoms with E-state index in [1.807, 2.05) is 18.2 Å². The van der Waals surface area contributed by atoms with Gasteiger partial charge in [-0.25, -0.2) is 0 Å². The molecule has 2 rings (SSSR count). The van der Waals surface area contributed by atoms with Crippen LogP contribution >= 0.6 is 0 Å². The van der Waals surface area contributed by atoms with Crippen molar-refractivity contribution in [2.75, 3.05) is 6.54 Å². The van der Waals surface area contributed by atoms with Gasteiger partial charge in [-0.2, -0.15) is 5.26 Å². The van der Waals surface area contributed by atoms with Crippen LogP contribution in [0.4, 0.5) is 0 Å². The number of benzene rings is 1. The number of nitriles is 1. The van der Waals surface area contributed by atoms with Crippen molar-refractivity contribution in [1.82, 2.24) is 5.32 Å². The Kier molecular flexibility index (Phi) is 2.84. The van der Waals surface area contributed by atoms with Crippen molar-refractivity contribution in [2.24, 2.45) is 0 Å². The normalized spacial score (nSPS) is 20.9. The molecule has 1 heterocycles. The molecule has 1 atom stereocenters. The maximum absolute atomic E-state index is 8.54. The van der Waals surface area contributed by atoms with Crippen molar-refractivity contribution in [2.45, 2.75) is 31.9 Å². The summed E-state index contributed by atoms with van der Waals surface area (Å²) in [5.74, 6) is 0.946. The van der Waals surface area contributed by atoms with Crippen LogP contribution in [0.15, 0.2) is 24.3 Å². The van der Waals surface area contributed by atoms with Gasteiger partial charge in [0.15, 0.2) is 0 Å². The zero-order chi connectivity index (χ0) is 11.6. The van der Waals surface area contributed by atoms with Crippen LogP contribution in [0.1, 0.15) is 31.9 Å². The standard InChI is InChI=1S/C13H16N2O/c1-13(2)12(15-9-5-8-14)10-6-3-4-7-11(10)16-13/h3-4,6-7,12,15H,5,9H2,1-2H3. The van der Waals surface area contributed by atoms with Gasteiger partial charge < -0.3 is 10.1 Å². The molecule has 0 fully saturated rings. The monoisotopic (exact) mass is 216 g/mol. The van der Waals surface area contributed by atoms with Crippen LogP contribution in [0, 0.1) is 11.3 Å². The number of hydrogen-bond donors (Lipinski definition) is 1. The van der Waals surface area contributed by atoms with E-state index in [0.29, 0.717) is 13.0 Å². The molecule has 1 aromatic rings. The average molecular weight is 216 g/mol. The molecule has 0 bridgehead atoms. The highest BCUT2D eigenvalue weighted by Crippen LogP contribution is 2.42. The molecular weight excluding hydrogens is 200 g/mol. The molecule has 1 unspecified atom stereocenters. The Bertz CT molecular complexity index is 420. The van der Waals surface area contributed by atoms with E-state index in [1.54, 1.807) is 0 Å². The summed E-state index contributed by atoms with van der Waals surface area (Å²) in [6, 6.07) is 10.4. The summed E-state index contributed by atoms with van der Waals surface area (Å²) in [6.07, 6.45) is 0.523. The molecule has 0 radical (unpaired) electrons. The van der Waals surface area contributed by atoms with E-state index >= 15 is 0 Å². The van der Waals surface area contributed by atoms with Crippen molar-refractivity contribution >= 4 is 0 Å². The molecule has 0 spiro atoms. The van der Waals surface area contributed by atoms with Crippen LogP contribution in [0.3, 0.4) is 0 Å².